The Morgan fingerprint density at radius 2 is 2.00 bits per heavy atom. The molecule has 2 N–H and O–H groups in total. The number of carboxylic acid groups (broad SMARTS) is 1. The van der Waals surface area contributed by atoms with Crippen LogP contribution in [0.2, 0.25) is 0 Å². The fourth-order valence-electron chi connectivity index (χ4n) is 0. The molecule has 0 saturated heterocycles. The number of aliphatic carboxylic acids is 1. The van der Waals surface area contributed by atoms with Crippen molar-refractivity contribution in [1.29, 1.82) is 5.26 Å². The van der Waals surface area contributed by atoms with Gasteiger partial charge in [-0.1, -0.05) is 6.58 Å². The molecule has 0 rings (SSSR count). The highest BCUT2D eigenvalue weighted by molar-refractivity contribution is 5.78. The fraction of sp³-hybridized carbons (Fsp3) is 0. The van der Waals surface area contributed by atoms with E-state index < -0.39 is 5.97 Å². The van der Waals surface area contributed by atoms with E-state index in [1.807, 2.05) is 0 Å². The predicted octanol–water partition coefficient (Wildman–Crippen LogP) is 0.0970. The van der Waals surface area contributed by atoms with Crippen LogP contribution in [0.1, 0.15) is 0 Å². The van der Waals surface area contributed by atoms with Gasteiger partial charge >= 0.3 is 5.97 Å². The molecule has 0 heterocycles. The Morgan fingerprint density at radius 1 is 1.88 bits per heavy atom. The van der Waals surface area contributed by atoms with Gasteiger partial charge in [-0.25, -0.2) is 4.79 Å². The van der Waals surface area contributed by atoms with E-state index in [-0.39, 0.29) is 0 Å². The summed E-state index contributed by atoms with van der Waals surface area (Å²) in [5.41, 5.74) is 0. The van der Waals surface area contributed by atoms with Crippen molar-refractivity contribution in [3.05, 3.63) is 12.7 Å². The summed E-state index contributed by atoms with van der Waals surface area (Å²) < 4.78 is 0. The number of rotatable bonds is 1. The maximum absolute atomic E-state index is 9.25. The van der Waals surface area contributed by atoms with Crippen molar-refractivity contribution < 1.29 is 15.0 Å². The number of aliphatic hydroxyl groups is 1. The van der Waals surface area contributed by atoms with Crippen LogP contribution >= 0.6 is 0 Å². The van der Waals surface area contributed by atoms with Gasteiger partial charge in [0.15, 0.2) is 0 Å². The summed E-state index contributed by atoms with van der Waals surface area (Å²) >= 11 is 0. The van der Waals surface area contributed by atoms with Crippen LogP contribution in [0.25, 0.3) is 0 Å². The highest BCUT2D eigenvalue weighted by Crippen LogP contribution is 1.54. The molecule has 0 aliphatic rings. The molecule has 0 aliphatic heterocycles. The Kier molecular flexibility index (Phi) is 11.0. The molecule has 44 valence electrons. The molecule has 8 heavy (non-hydrogen) atoms. The molecule has 0 aliphatic carbocycles. The minimum Gasteiger partial charge on any atom is -0.478 e. The summed E-state index contributed by atoms with van der Waals surface area (Å²) in [6, 6.07) is 0. The van der Waals surface area contributed by atoms with E-state index in [1.165, 1.54) is 0 Å². The molecule has 0 spiro atoms. The predicted molar refractivity (Wildman–Crippen MR) is 25.4 cm³/mol. The molecule has 0 atom stereocenters. The number of carbonyl (C=O) groups is 1. The second-order valence-electron chi connectivity index (χ2n) is 0.642. The zero-order valence-corrected chi connectivity index (χ0v) is 4.03. The van der Waals surface area contributed by atoms with E-state index in [9.17, 15) is 4.79 Å². The van der Waals surface area contributed by atoms with E-state index in [0.717, 1.165) is 12.3 Å². The number of hydrogen-bond acceptors (Lipinski definition) is 3. The SMILES string of the molecule is C=CC(=O)O.N#CO. The smallest absolute Gasteiger partial charge is 0.327 e. The van der Waals surface area contributed by atoms with Crippen LogP contribution in [0, 0.1) is 11.5 Å². The summed E-state index contributed by atoms with van der Waals surface area (Å²) in [6.07, 6.45) is 1.58. The minimum absolute atomic E-state index is 0.750. The maximum atomic E-state index is 9.25. The van der Waals surface area contributed by atoms with Crippen molar-refractivity contribution in [2.75, 3.05) is 0 Å². The van der Waals surface area contributed by atoms with Gasteiger partial charge in [-0.05, 0) is 0 Å². The van der Waals surface area contributed by atoms with Crippen molar-refractivity contribution >= 4 is 5.97 Å². The van der Waals surface area contributed by atoms with Gasteiger partial charge in [-0.2, -0.15) is 5.26 Å². The van der Waals surface area contributed by atoms with Gasteiger partial charge in [-0.15, -0.1) is 0 Å². The lowest BCUT2D eigenvalue weighted by atomic mass is 10.7. The van der Waals surface area contributed by atoms with Crippen LogP contribution < -0.4 is 0 Å². The molecule has 0 saturated carbocycles. The molecular formula is C4H5NO3. The number of nitrogens with zero attached hydrogens (tertiary/aromatic N) is 1. The van der Waals surface area contributed by atoms with Crippen molar-refractivity contribution in [2.24, 2.45) is 0 Å². The van der Waals surface area contributed by atoms with Crippen molar-refractivity contribution in [3.8, 4) is 6.26 Å². The average molecular weight is 115 g/mol. The highest BCUT2D eigenvalue weighted by Gasteiger charge is 1.73. The van der Waals surface area contributed by atoms with E-state index in [1.54, 1.807) is 0 Å². The Balaban J connectivity index is 0. The van der Waals surface area contributed by atoms with Crippen molar-refractivity contribution in [3.63, 3.8) is 0 Å². The zero-order chi connectivity index (χ0) is 6.99. The topological polar surface area (TPSA) is 81.3 Å². The Hall–Kier alpha value is -1.50. The van der Waals surface area contributed by atoms with Gasteiger partial charge in [0.05, 0.1) is 0 Å². The first-order valence-electron chi connectivity index (χ1n) is 1.57. The number of carboxylic acids is 1. The lowest BCUT2D eigenvalue weighted by Gasteiger charge is -1.64. The Morgan fingerprint density at radius 3 is 2.00 bits per heavy atom. The van der Waals surface area contributed by atoms with Gasteiger partial charge in [0, 0.05) is 6.08 Å². The summed E-state index contributed by atoms with van der Waals surface area (Å²) in [6.45, 7) is 2.96. The van der Waals surface area contributed by atoms with E-state index >= 15 is 0 Å². The lowest BCUT2D eigenvalue weighted by molar-refractivity contribution is -0.131. The molecule has 0 fully saturated rings. The third-order valence-electron chi connectivity index (χ3n) is 0.175. The monoisotopic (exact) mass is 115 g/mol. The van der Waals surface area contributed by atoms with Crippen LogP contribution in [-0.4, -0.2) is 16.2 Å². The number of aliphatic hydroxyl groups excluding tert-OH is 1. The van der Waals surface area contributed by atoms with Gasteiger partial charge in [-0.3, -0.25) is 0 Å². The summed E-state index contributed by atoms with van der Waals surface area (Å²) in [4.78, 5) is 9.25. The fourth-order valence-corrected chi connectivity index (χ4v) is 0. The van der Waals surface area contributed by atoms with Crippen LogP contribution in [0.3, 0.4) is 0 Å². The molecule has 0 bridgehead atoms. The maximum Gasteiger partial charge on any atom is 0.327 e. The normalized spacial score (nSPS) is 4.88. The molecule has 4 heteroatoms. The summed E-state index contributed by atoms with van der Waals surface area (Å²) in [5.74, 6) is -0.981. The third-order valence-corrected chi connectivity index (χ3v) is 0.175. The molecule has 0 aromatic heterocycles. The van der Waals surface area contributed by atoms with Crippen LogP contribution in [0.4, 0.5) is 0 Å². The average Bonchev–Trinajstić information content (AvgIpc) is 1.69. The number of nitriles is 1. The van der Waals surface area contributed by atoms with Crippen LogP contribution in [-0.2, 0) is 4.79 Å². The minimum atomic E-state index is -0.981. The highest BCUT2D eigenvalue weighted by atomic mass is 16.4. The second-order valence-corrected chi connectivity index (χ2v) is 0.642. The molecule has 0 aromatic rings. The van der Waals surface area contributed by atoms with E-state index in [2.05, 4.69) is 6.58 Å². The van der Waals surface area contributed by atoms with Crippen molar-refractivity contribution in [1.82, 2.24) is 0 Å². The quantitative estimate of drug-likeness (QED) is 0.375. The van der Waals surface area contributed by atoms with Gasteiger partial charge in [0.2, 0.25) is 0 Å². The molecule has 0 radical (unpaired) electrons. The van der Waals surface area contributed by atoms with Gasteiger partial charge in [0.25, 0.3) is 6.26 Å². The molecule has 0 aromatic carbocycles. The second kappa shape index (κ2) is 9.09. The van der Waals surface area contributed by atoms with Gasteiger partial charge < -0.3 is 10.2 Å². The molecule has 0 unspecified atom stereocenters. The largest absolute Gasteiger partial charge is 0.478 e. The molecular weight excluding hydrogens is 110 g/mol. The van der Waals surface area contributed by atoms with Crippen LogP contribution in [0.15, 0.2) is 12.7 Å². The third kappa shape index (κ3) is 220. The van der Waals surface area contributed by atoms with Crippen molar-refractivity contribution in [2.45, 2.75) is 0 Å². The first-order chi connectivity index (χ1) is 3.68. The number of hydrogen-bond donors (Lipinski definition) is 2. The van der Waals surface area contributed by atoms with Gasteiger partial charge in [0.1, 0.15) is 0 Å². The summed E-state index contributed by atoms with van der Waals surface area (Å²) in [7, 11) is 0. The Labute approximate surface area is 46.3 Å². The first kappa shape index (κ1) is 9.71. The molecule has 4 nitrogen and oxygen atoms in total. The lowest BCUT2D eigenvalue weighted by Crippen LogP contribution is -1.82. The zero-order valence-electron chi connectivity index (χ0n) is 4.03. The molecule has 0 amide bonds. The first-order valence-corrected chi connectivity index (χ1v) is 1.57. The standard InChI is InChI=1S/C3H4O2.CHNO/c1-2-3(4)5;2-1-3/h2H,1H2,(H,4,5);3H. The Bertz CT molecular complexity index is 113. The van der Waals surface area contributed by atoms with E-state index in [4.69, 9.17) is 15.5 Å². The van der Waals surface area contributed by atoms with E-state index in [0.29, 0.717) is 0 Å². The summed E-state index contributed by atoms with van der Waals surface area (Å²) in [5, 5.41) is 21.4. The van der Waals surface area contributed by atoms with Crippen LogP contribution in [0.5, 0.6) is 0 Å².